The zero-order chi connectivity index (χ0) is 11.8. The third kappa shape index (κ3) is 1.42. The Bertz CT molecular complexity index is 772. The first-order chi connectivity index (χ1) is 8.29. The number of rotatable bonds is 0. The van der Waals surface area contributed by atoms with E-state index in [1.807, 2.05) is 0 Å². The quantitative estimate of drug-likeness (QED) is 0.546. The lowest BCUT2D eigenvalue weighted by atomic mass is 9.99. The Balaban J connectivity index is 2.61. The SMILES string of the molecule is N#Cc1cc2ccc(F)cc2c2cnccc12. The molecule has 1 aromatic heterocycles. The van der Waals surface area contributed by atoms with E-state index in [1.165, 1.54) is 12.1 Å². The number of pyridine rings is 1. The number of nitrogens with zero attached hydrogens (tertiary/aromatic N) is 2. The normalized spacial score (nSPS) is 10.6. The number of nitriles is 1. The van der Waals surface area contributed by atoms with Crippen molar-refractivity contribution < 1.29 is 4.39 Å². The van der Waals surface area contributed by atoms with Gasteiger partial charge in [0, 0.05) is 23.2 Å². The van der Waals surface area contributed by atoms with E-state index in [9.17, 15) is 4.39 Å². The van der Waals surface area contributed by atoms with Gasteiger partial charge < -0.3 is 0 Å². The minimum Gasteiger partial charge on any atom is -0.264 e. The van der Waals surface area contributed by atoms with Crippen molar-refractivity contribution >= 4 is 21.5 Å². The average Bonchev–Trinajstić information content (AvgIpc) is 2.38. The van der Waals surface area contributed by atoms with Crippen LogP contribution in [0.4, 0.5) is 4.39 Å². The van der Waals surface area contributed by atoms with Crippen LogP contribution in [0.3, 0.4) is 0 Å². The van der Waals surface area contributed by atoms with Crippen molar-refractivity contribution in [2.24, 2.45) is 0 Å². The van der Waals surface area contributed by atoms with Crippen LogP contribution in [0.1, 0.15) is 5.56 Å². The van der Waals surface area contributed by atoms with Gasteiger partial charge in [-0.05, 0) is 35.0 Å². The number of aromatic nitrogens is 1. The predicted molar refractivity (Wildman–Crippen MR) is 63.9 cm³/mol. The van der Waals surface area contributed by atoms with Crippen molar-refractivity contribution in [3.05, 3.63) is 54.1 Å². The molecule has 0 fully saturated rings. The molecule has 0 N–H and O–H groups in total. The molecular formula is C14H7FN2. The van der Waals surface area contributed by atoms with E-state index in [-0.39, 0.29) is 5.82 Å². The summed E-state index contributed by atoms with van der Waals surface area (Å²) in [6.45, 7) is 0. The molecule has 0 bridgehead atoms. The molecular weight excluding hydrogens is 215 g/mol. The fourth-order valence-corrected chi connectivity index (χ4v) is 2.06. The van der Waals surface area contributed by atoms with Gasteiger partial charge in [-0.3, -0.25) is 4.98 Å². The number of benzene rings is 2. The maximum atomic E-state index is 13.3. The standard InChI is InChI=1S/C14H7FN2/c15-11-2-1-9-5-10(7-16)12-3-4-17-8-14(12)13(9)6-11/h1-6,8H. The summed E-state index contributed by atoms with van der Waals surface area (Å²) in [5.74, 6) is -0.285. The molecule has 17 heavy (non-hydrogen) atoms. The van der Waals surface area contributed by atoms with Gasteiger partial charge in [0.1, 0.15) is 5.82 Å². The number of hydrogen-bond donors (Lipinski definition) is 0. The van der Waals surface area contributed by atoms with Gasteiger partial charge >= 0.3 is 0 Å². The Labute approximate surface area is 96.9 Å². The van der Waals surface area contributed by atoms with Crippen molar-refractivity contribution in [2.45, 2.75) is 0 Å². The molecule has 0 aliphatic heterocycles. The second kappa shape index (κ2) is 3.53. The van der Waals surface area contributed by atoms with E-state index in [1.54, 1.807) is 30.6 Å². The molecule has 0 atom stereocenters. The molecule has 0 spiro atoms. The molecule has 1 heterocycles. The molecule has 0 aliphatic carbocycles. The van der Waals surface area contributed by atoms with Gasteiger partial charge in [-0.1, -0.05) is 6.07 Å². The first-order valence-corrected chi connectivity index (χ1v) is 5.16. The second-order valence-electron chi connectivity index (χ2n) is 3.82. The summed E-state index contributed by atoms with van der Waals surface area (Å²) in [5.41, 5.74) is 0.585. The Morgan fingerprint density at radius 3 is 2.76 bits per heavy atom. The van der Waals surface area contributed by atoms with Gasteiger partial charge in [-0.15, -0.1) is 0 Å². The number of hydrogen-bond acceptors (Lipinski definition) is 2. The van der Waals surface area contributed by atoms with Crippen molar-refractivity contribution in [3.8, 4) is 6.07 Å². The molecule has 3 heteroatoms. The molecule has 2 nitrogen and oxygen atoms in total. The van der Waals surface area contributed by atoms with E-state index in [2.05, 4.69) is 11.1 Å². The van der Waals surface area contributed by atoms with Crippen LogP contribution in [0.2, 0.25) is 0 Å². The summed E-state index contributed by atoms with van der Waals surface area (Å²) >= 11 is 0. The second-order valence-corrected chi connectivity index (χ2v) is 3.82. The topological polar surface area (TPSA) is 36.7 Å². The summed E-state index contributed by atoms with van der Waals surface area (Å²) in [4.78, 5) is 4.04. The van der Waals surface area contributed by atoms with Crippen LogP contribution < -0.4 is 0 Å². The van der Waals surface area contributed by atoms with Gasteiger partial charge in [0.2, 0.25) is 0 Å². The fraction of sp³-hybridized carbons (Fsp3) is 0. The predicted octanol–water partition coefficient (Wildman–Crippen LogP) is 3.40. The van der Waals surface area contributed by atoms with Gasteiger partial charge in [-0.25, -0.2) is 4.39 Å². The third-order valence-corrected chi connectivity index (χ3v) is 2.84. The van der Waals surface area contributed by atoms with E-state index >= 15 is 0 Å². The van der Waals surface area contributed by atoms with Gasteiger partial charge in [0.15, 0.2) is 0 Å². The smallest absolute Gasteiger partial charge is 0.123 e. The van der Waals surface area contributed by atoms with E-state index in [0.29, 0.717) is 5.56 Å². The van der Waals surface area contributed by atoms with Crippen molar-refractivity contribution in [2.75, 3.05) is 0 Å². The molecule has 0 unspecified atom stereocenters. The van der Waals surface area contributed by atoms with Gasteiger partial charge in [-0.2, -0.15) is 5.26 Å². The highest BCUT2D eigenvalue weighted by atomic mass is 19.1. The Hall–Kier alpha value is -2.47. The van der Waals surface area contributed by atoms with Crippen molar-refractivity contribution in [3.63, 3.8) is 0 Å². The van der Waals surface area contributed by atoms with Crippen molar-refractivity contribution in [1.82, 2.24) is 4.98 Å². The van der Waals surface area contributed by atoms with Gasteiger partial charge in [0.05, 0.1) is 11.6 Å². The Morgan fingerprint density at radius 2 is 1.94 bits per heavy atom. The number of halogens is 1. The Kier molecular flexibility index (Phi) is 2.02. The lowest BCUT2D eigenvalue weighted by Gasteiger charge is -2.05. The molecule has 2 aromatic carbocycles. The molecule has 3 rings (SSSR count). The molecule has 0 saturated heterocycles. The number of fused-ring (bicyclic) bond motifs is 3. The van der Waals surface area contributed by atoms with Crippen molar-refractivity contribution in [1.29, 1.82) is 5.26 Å². The van der Waals surface area contributed by atoms with Crippen LogP contribution in [0.5, 0.6) is 0 Å². The molecule has 0 saturated carbocycles. The zero-order valence-corrected chi connectivity index (χ0v) is 8.81. The van der Waals surface area contributed by atoms with Crippen LogP contribution in [-0.4, -0.2) is 4.98 Å². The lowest BCUT2D eigenvalue weighted by Crippen LogP contribution is -1.85. The lowest BCUT2D eigenvalue weighted by molar-refractivity contribution is 0.630. The largest absolute Gasteiger partial charge is 0.264 e. The van der Waals surface area contributed by atoms with E-state index in [0.717, 1.165) is 21.5 Å². The highest BCUT2D eigenvalue weighted by molar-refractivity contribution is 6.09. The van der Waals surface area contributed by atoms with Crippen LogP contribution in [0.15, 0.2) is 42.7 Å². The highest BCUT2D eigenvalue weighted by Gasteiger charge is 2.06. The van der Waals surface area contributed by atoms with E-state index in [4.69, 9.17) is 5.26 Å². The summed E-state index contributed by atoms with van der Waals surface area (Å²) in [6.07, 6.45) is 3.30. The minimum absolute atomic E-state index is 0.285. The minimum atomic E-state index is -0.285. The first kappa shape index (κ1) is 9.73. The highest BCUT2D eigenvalue weighted by Crippen LogP contribution is 2.28. The maximum absolute atomic E-state index is 13.3. The van der Waals surface area contributed by atoms with Crippen LogP contribution in [0, 0.1) is 17.1 Å². The zero-order valence-electron chi connectivity index (χ0n) is 8.81. The first-order valence-electron chi connectivity index (χ1n) is 5.16. The Morgan fingerprint density at radius 1 is 1.06 bits per heavy atom. The van der Waals surface area contributed by atoms with Crippen LogP contribution in [0.25, 0.3) is 21.5 Å². The molecule has 0 aliphatic rings. The average molecular weight is 222 g/mol. The maximum Gasteiger partial charge on any atom is 0.123 e. The van der Waals surface area contributed by atoms with E-state index < -0.39 is 0 Å². The monoisotopic (exact) mass is 222 g/mol. The molecule has 80 valence electrons. The molecule has 0 amide bonds. The van der Waals surface area contributed by atoms with Crippen LogP contribution in [-0.2, 0) is 0 Å². The summed E-state index contributed by atoms with van der Waals surface area (Å²) in [5, 5.41) is 12.4. The third-order valence-electron chi connectivity index (χ3n) is 2.84. The van der Waals surface area contributed by atoms with Gasteiger partial charge in [0.25, 0.3) is 0 Å². The fourth-order valence-electron chi connectivity index (χ4n) is 2.06. The van der Waals surface area contributed by atoms with Crippen LogP contribution >= 0.6 is 0 Å². The summed E-state index contributed by atoms with van der Waals surface area (Å²) < 4.78 is 13.3. The summed E-state index contributed by atoms with van der Waals surface area (Å²) in [7, 11) is 0. The summed E-state index contributed by atoms with van der Waals surface area (Å²) in [6, 6.07) is 10.3. The molecule has 0 radical (unpaired) electrons. The molecule has 3 aromatic rings.